The molecule has 0 fully saturated rings. The number of hydrogen-bond donors (Lipinski definition) is 2. The van der Waals surface area contributed by atoms with Gasteiger partial charge in [0.15, 0.2) is 5.84 Å². The first kappa shape index (κ1) is 15.7. The molecule has 0 aromatic rings. The van der Waals surface area contributed by atoms with E-state index < -0.39 is 5.60 Å². The standard InChI is InChI=1S/C11H23N3O3/c1-5-7-14(8-9(12)13-16)10(15)11(3,6-2)17-4/h16H,5-8H2,1-4H3,(H2,12,13). The molecule has 0 rings (SSSR count). The van der Waals surface area contributed by atoms with Gasteiger partial charge in [0.2, 0.25) is 0 Å². The van der Waals surface area contributed by atoms with Crippen molar-refractivity contribution >= 4 is 11.7 Å². The number of oxime groups is 1. The molecule has 0 aliphatic carbocycles. The summed E-state index contributed by atoms with van der Waals surface area (Å²) in [5.41, 5.74) is 4.58. The summed E-state index contributed by atoms with van der Waals surface area (Å²) in [5, 5.41) is 11.4. The molecule has 0 aromatic heterocycles. The molecule has 0 saturated heterocycles. The van der Waals surface area contributed by atoms with Crippen LogP contribution in [0.4, 0.5) is 0 Å². The fourth-order valence-electron chi connectivity index (χ4n) is 1.47. The average molecular weight is 245 g/mol. The van der Waals surface area contributed by atoms with Gasteiger partial charge in [-0.05, 0) is 19.8 Å². The topological polar surface area (TPSA) is 88.1 Å². The van der Waals surface area contributed by atoms with E-state index in [1.807, 2.05) is 13.8 Å². The van der Waals surface area contributed by atoms with Crippen LogP contribution in [-0.4, -0.2) is 47.7 Å². The number of nitrogens with zero attached hydrogens (tertiary/aromatic N) is 2. The summed E-state index contributed by atoms with van der Waals surface area (Å²) in [6.07, 6.45) is 1.37. The summed E-state index contributed by atoms with van der Waals surface area (Å²) in [7, 11) is 1.51. The van der Waals surface area contributed by atoms with Crippen LogP contribution < -0.4 is 5.73 Å². The Bertz CT molecular complexity index is 275. The van der Waals surface area contributed by atoms with Crippen LogP contribution in [0.25, 0.3) is 0 Å². The molecular formula is C11H23N3O3. The zero-order valence-corrected chi connectivity index (χ0v) is 11.1. The van der Waals surface area contributed by atoms with Gasteiger partial charge in [0.05, 0.1) is 6.54 Å². The lowest BCUT2D eigenvalue weighted by Crippen LogP contribution is -2.50. The maximum absolute atomic E-state index is 12.3. The molecule has 1 atom stereocenters. The molecule has 0 aromatic carbocycles. The highest BCUT2D eigenvalue weighted by atomic mass is 16.5. The molecule has 0 spiro atoms. The van der Waals surface area contributed by atoms with E-state index in [0.29, 0.717) is 13.0 Å². The minimum Gasteiger partial charge on any atom is -0.409 e. The number of carbonyl (C=O) groups is 1. The van der Waals surface area contributed by atoms with Crippen LogP contribution in [0.5, 0.6) is 0 Å². The van der Waals surface area contributed by atoms with Crippen molar-refractivity contribution in [1.82, 2.24) is 4.90 Å². The molecule has 1 amide bonds. The third-order valence-electron chi connectivity index (χ3n) is 2.84. The fraction of sp³-hybridized carbons (Fsp3) is 0.818. The average Bonchev–Trinajstić information content (AvgIpc) is 2.36. The van der Waals surface area contributed by atoms with Crippen LogP contribution in [0.15, 0.2) is 5.16 Å². The van der Waals surface area contributed by atoms with Crippen LogP contribution in [0.3, 0.4) is 0 Å². The number of nitrogens with two attached hydrogens (primary N) is 1. The van der Waals surface area contributed by atoms with Gasteiger partial charge in [-0.25, -0.2) is 0 Å². The van der Waals surface area contributed by atoms with Crippen molar-refractivity contribution in [2.75, 3.05) is 20.2 Å². The van der Waals surface area contributed by atoms with Gasteiger partial charge in [0.1, 0.15) is 5.60 Å². The molecule has 100 valence electrons. The van der Waals surface area contributed by atoms with Gasteiger partial charge < -0.3 is 20.6 Å². The SMILES string of the molecule is CCCN(CC(N)=NO)C(=O)C(C)(CC)OC. The molecule has 0 aliphatic rings. The van der Waals surface area contributed by atoms with Crippen LogP contribution in [0.2, 0.25) is 0 Å². The van der Waals surface area contributed by atoms with Crippen molar-refractivity contribution in [2.45, 2.75) is 39.2 Å². The number of rotatable bonds is 7. The summed E-state index contributed by atoms with van der Waals surface area (Å²) in [4.78, 5) is 13.8. The minimum absolute atomic E-state index is 0.0151. The highest BCUT2D eigenvalue weighted by molar-refractivity contribution is 5.90. The van der Waals surface area contributed by atoms with Gasteiger partial charge in [-0.2, -0.15) is 0 Å². The van der Waals surface area contributed by atoms with E-state index in [2.05, 4.69) is 5.16 Å². The Hall–Kier alpha value is -1.30. The smallest absolute Gasteiger partial charge is 0.254 e. The molecule has 0 radical (unpaired) electrons. The molecule has 3 N–H and O–H groups in total. The third-order valence-corrected chi connectivity index (χ3v) is 2.84. The van der Waals surface area contributed by atoms with Crippen molar-refractivity contribution < 1.29 is 14.7 Å². The molecule has 0 heterocycles. The van der Waals surface area contributed by atoms with Crippen molar-refractivity contribution in [3.05, 3.63) is 0 Å². The molecular weight excluding hydrogens is 222 g/mol. The third kappa shape index (κ3) is 4.22. The summed E-state index contributed by atoms with van der Waals surface area (Å²) in [6.45, 7) is 6.25. The normalized spacial score (nSPS) is 15.4. The zero-order valence-electron chi connectivity index (χ0n) is 11.1. The highest BCUT2D eigenvalue weighted by Crippen LogP contribution is 2.17. The summed E-state index contributed by atoms with van der Waals surface area (Å²) in [5.74, 6) is -0.127. The Labute approximate surface area is 102 Å². The molecule has 0 saturated carbocycles. The van der Waals surface area contributed by atoms with E-state index in [0.717, 1.165) is 6.42 Å². The molecule has 0 aliphatic heterocycles. The number of ether oxygens (including phenoxy) is 1. The number of amides is 1. The van der Waals surface area contributed by atoms with Crippen LogP contribution in [0, 0.1) is 0 Å². The quantitative estimate of drug-likeness (QED) is 0.300. The minimum atomic E-state index is -0.856. The van der Waals surface area contributed by atoms with Crippen molar-refractivity contribution in [3.63, 3.8) is 0 Å². The first-order chi connectivity index (χ1) is 7.95. The van der Waals surface area contributed by atoms with Crippen molar-refractivity contribution in [1.29, 1.82) is 0 Å². The molecule has 6 heteroatoms. The maximum Gasteiger partial charge on any atom is 0.254 e. The number of hydrogen-bond acceptors (Lipinski definition) is 4. The highest BCUT2D eigenvalue weighted by Gasteiger charge is 2.35. The van der Waals surface area contributed by atoms with E-state index in [-0.39, 0.29) is 18.3 Å². The lowest BCUT2D eigenvalue weighted by Gasteiger charge is -2.32. The van der Waals surface area contributed by atoms with Gasteiger partial charge in [0, 0.05) is 13.7 Å². The Kier molecular flexibility index (Phi) is 6.57. The number of amidine groups is 1. The maximum atomic E-state index is 12.3. The second-order valence-corrected chi connectivity index (χ2v) is 4.11. The lowest BCUT2D eigenvalue weighted by molar-refractivity contribution is -0.152. The van der Waals surface area contributed by atoms with E-state index >= 15 is 0 Å². The molecule has 0 bridgehead atoms. The monoisotopic (exact) mass is 245 g/mol. The Morgan fingerprint density at radius 3 is 2.47 bits per heavy atom. The second-order valence-electron chi connectivity index (χ2n) is 4.11. The van der Waals surface area contributed by atoms with Gasteiger partial charge in [-0.3, -0.25) is 4.79 Å². The first-order valence-electron chi connectivity index (χ1n) is 5.76. The number of carbonyl (C=O) groups excluding carboxylic acids is 1. The van der Waals surface area contributed by atoms with E-state index in [9.17, 15) is 4.79 Å². The van der Waals surface area contributed by atoms with E-state index in [1.54, 1.807) is 11.8 Å². The fourth-order valence-corrected chi connectivity index (χ4v) is 1.47. The Morgan fingerprint density at radius 1 is 1.53 bits per heavy atom. The summed E-state index contributed by atoms with van der Waals surface area (Å²) < 4.78 is 5.26. The van der Waals surface area contributed by atoms with Gasteiger partial charge in [0.25, 0.3) is 5.91 Å². The molecule has 6 nitrogen and oxygen atoms in total. The van der Waals surface area contributed by atoms with Gasteiger partial charge in [-0.1, -0.05) is 19.0 Å². The lowest BCUT2D eigenvalue weighted by atomic mass is 10.0. The number of methoxy groups -OCH3 is 1. The van der Waals surface area contributed by atoms with Gasteiger partial charge >= 0.3 is 0 Å². The summed E-state index contributed by atoms with van der Waals surface area (Å²) >= 11 is 0. The predicted octanol–water partition coefficient (Wildman–Crippen LogP) is 0.786. The summed E-state index contributed by atoms with van der Waals surface area (Å²) in [6, 6.07) is 0. The first-order valence-corrected chi connectivity index (χ1v) is 5.76. The van der Waals surface area contributed by atoms with Gasteiger partial charge in [-0.15, -0.1) is 0 Å². The van der Waals surface area contributed by atoms with E-state index in [4.69, 9.17) is 15.7 Å². The molecule has 1 unspecified atom stereocenters. The zero-order chi connectivity index (χ0) is 13.5. The van der Waals surface area contributed by atoms with Crippen LogP contribution in [0.1, 0.15) is 33.6 Å². The van der Waals surface area contributed by atoms with Crippen LogP contribution >= 0.6 is 0 Å². The predicted molar refractivity (Wildman–Crippen MR) is 66.0 cm³/mol. The van der Waals surface area contributed by atoms with Crippen molar-refractivity contribution in [2.24, 2.45) is 10.9 Å². The molecule has 17 heavy (non-hydrogen) atoms. The Morgan fingerprint density at radius 2 is 2.12 bits per heavy atom. The van der Waals surface area contributed by atoms with E-state index in [1.165, 1.54) is 7.11 Å². The second kappa shape index (κ2) is 7.11. The Balaban J connectivity index is 4.86. The van der Waals surface area contributed by atoms with Crippen molar-refractivity contribution in [3.8, 4) is 0 Å². The van der Waals surface area contributed by atoms with Crippen LogP contribution in [-0.2, 0) is 9.53 Å². The largest absolute Gasteiger partial charge is 0.409 e.